The molecule has 0 spiro atoms. The summed E-state index contributed by atoms with van der Waals surface area (Å²) in [5, 5.41) is 4.22. The van der Waals surface area contributed by atoms with E-state index in [4.69, 9.17) is 4.74 Å². The number of carbonyl (C=O) groups is 1. The summed E-state index contributed by atoms with van der Waals surface area (Å²) < 4.78 is 19.7. The zero-order valence-corrected chi connectivity index (χ0v) is 16.2. The van der Waals surface area contributed by atoms with Gasteiger partial charge < -0.3 is 4.74 Å². The standard InChI is InChI=1S/C19H22FN3O3S/c1-13-17(14(2)24)21-23(16-5-3-15(20)4-6-16)19(25)18(13)27-12-9-22-7-10-26-11-8-22/h3-6H,7-12H2,1-2H3. The Bertz CT molecular complexity index is 877. The van der Waals surface area contributed by atoms with Crippen molar-refractivity contribution < 1.29 is 13.9 Å². The number of carbonyl (C=O) groups excluding carboxylic acids is 1. The number of nitrogens with zero attached hydrogens (tertiary/aromatic N) is 3. The van der Waals surface area contributed by atoms with Crippen LogP contribution in [0, 0.1) is 12.7 Å². The second kappa shape index (κ2) is 8.77. The van der Waals surface area contributed by atoms with Crippen molar-refractivity contribution in [2.45, 2.75) is 18.7 Å². The lowest BCUT2D eigenvalue weighted by Crippen LogP contribution is -2.37. The van der Waals surface area contributed by atoms with Crippen molar-refractivity contribution in [3.63, 3.8) is 0 Å². The molecule has 0 radical (unpaired) electrons. The minimum Gasteiger partial charge on any atom is -0.379 e. The topological polar surface area (TPSA) is 64.4 Å². The van der Waals surface area contributed by atoms with E-state index in [0.717, 1.165) is 38.6 Å². The van der Waals surface area contributed by atoms with Gasteiger partial charge in [0.25, 0.3) is 5.56 Å². The Hall–Kier alpha value is -2.03. The predicted octanol–water partition coefficient (Wildman–Crippen LogP) is 2.31. The zero-order valence-electron chi connectivity index (χ0n) is 15.4. The maximum atomic E-state index is 13.2. The van der Waals surface area contributed by atoms with Crippen LogP contribution in [0.5, 0.6) is 0 Å². The van der Waals surface area contributed by atoms with E-state index in [9.17, 15) is 14.0 Å². The van der Waals surface area contributed by atoms with Crippen LogP contribution < -0.4 is 5.56 Å². The molecule has 144 valence electrons. The molecule has 27 heavy (non-hydrogen) atoms. The van der Waals surface area contributed by atoms with Crippen molar-refractivity contribution in [3.8, 4) is 5.69 Å². The van der Waals surface area contributed by atoms with Crippen LogP contribution in [-0.4, -0.2) is 59.1 Å². The van der Waals surface area contributed by atoms with Gasteiger partial charge in [0.15, 0.2) is 5.78 Å². The summed E-state index contributed by atoms with van der Waals surface area (Å²) >= 11 is 1.43. The Morgan fingerprint density at radius 2 is 1.93 bits per heavy atom. The fourth-order valence-corrected chi connectivity index (χ4v) is 4.02. The molecule has 0 saturated carbocycles. The van der Waals surface area contributed by atoms with Crippen LogP contribution in [-0.2, 0) is 4.74 Å². The lowest BCUT2D eigenvalue weighted by Gasteiger charge is -2.26. The maximum Gasteiger partial charge on any atom is 0.285 e. The van der Waals surface area contributed by atoms with Crippen LogP contribution in [0.2, 0.25) is 0 Å². The van der Waals surface area contributed by atoms with E-state index >= 15 is 0 Å². The minimum absolute atomic E-state index is 0.210. The van der Waals surface area contributed by atoms with Crippen molar-refractivity contribution in [3.05, 3.63) is 51.7 Å². The SMILES string of the molecule is CC(=O)c1nn(-c2ccc(F)cc2)c(=O)c(SCCN2CCOCC2)c1C. The van der Waals surface area contributed by atoms with Crippen LogP contribution in [0.1, 0.15) is 23.0 Å². The van der Waals surface area contributed by atoms with E-state index in [0.29, 0.717) is 16.1 Å². The van der Waals surface area contributed by atoms with Gasteiger partial charge >= 0.3 is 0 Å². The summed E-state index contributed by atoms with van der Waals surface area (Å²) in [5.41, 5.74) is 0.987. The van der Waals surface area contributed by atoms with E-state index in [2.05, 4.69) is 10.00 Å². The molecule has 2 aromatic rings. The van der Waals surface area contributed by atoms with Crippen LogP contribution >= 0.6 is 11.8 Å². The normalized spacial score (nSPS) is 15.1. The van der Waals surface area contributed by atoms with Crippen molar-refractivity contribution in [2.24, 2.45) is 0 Å². The molecule has 1 aliphatic rings. The predicted molar refractivity (Wildman–Crippen MR) is 103 cm³/mol. The first-order valence-electron chi connectivity index (χ1n) is 8.81. The molecular formula is C19H22FN3O3S. The quantitative estimate of drug-likeness (QED) is 0.556. The van der Waals surface area contributed by atoms with E-state index in [-0.39, 0.29) is 17.0 Å². The van der Waals surface area contributed by atoms with E-state index in [1.165, 1.54) is 47.6 Å². The highest BCUT2D eigenvalue weighted by Crippen LogP contribution is 2.22. The molecule has 0 amide bonds. The van der Waals surface area contributed by atoms with Crippen LogP contribution in [0.15, 0.2) is 34.0 Å². The first-order chi connectivity index (χ1) is 13.0. The van der Waals surface area contributed by atoms with E-state index in [1.807, 2.05) is 0 Å². The summed E-state index contributed by atoms with van der Waals surface area (Å²) in [4.78, 5) is 27.8. The number of halogens is 1. The second-order valence-corrected chi connectivity index (χ2v) is 7.46. The molecule has 1 saturated heterocycles. The van der Waals surface area contributed by atoms with E-state index < -0.39 is 5.82 Å². The Morgan fingerprint density at radius 1 is 1.26 bits per heavy atom. The molecule has 8 heteroatoms. The lowest BCUT2D eigenvalue weighted by atomic mass is 10.2. The highest BCUT2D eigenvalue weighted by molar-refractivity contribution is 7.99. The molecule has 3 rings (SSSR count). The first kappa shape index (κ1) is 19.7. The Morgan fingerprint density at radius 3 is 2.56 bits per heavy atom. The van der Waals surface area contributed by atoms with Crippen LogP contribution in [0.25, 0.3) is 5.69 Å². The highest BCUT2D eigenvalue weighted by Gasteiger charge is 2.19. The minimum atomic E-state index is -0.397. The Kier molecular flexibility index (Phi) is 6.41. The number of rotatable bonds is 6. The molecule has 0 bridgehead atoms. The lowest BCUT2D eigenvalue weighted by molar-refractivity contribution is 0.0410. The first-order valence-corrected chi connectivity index (χ1v) is 9.79. The largest absolute Gasteiger partial charge is 0.379 e. The summed E-state index contributed by atoms with van der Waals surface area (Å²) in [5.74, 6) is 0.116. The summed E-state index contributed by atoms with van der Waals surface area (Å²) in [6.07, 6.45) is 0. The number of ketones is 1. The van der Waals surface area contributed by atoms with Gasteiger partial charge in [-0.3, -0.25) is 14.5 Å². The maximum absolute atomic E-state index is 13.2. The number of aromatic nitrogens is 2. The van der Waals surface area contributed by atoms with Gasteiger partial charge in [-0.25, -0.2) is 4.39 Å². The average molecular weight is 391 g/mol. The van der Waals surface area contributed by atoms with Crippen molar-refractivity contribution >= 4 is 17.5 Å². The summed E-state index contributed by atoms with van der Waals surface area (Å²) in [6, 6.07) is 5.49. The number of morpholine rings is 1. The molecule has 1 aromatic heterocycles. The van der Waals surface area contributed by atoms with Crippen molar-refractivity contribution in [2.75, 3.05) is 38.6 Å². The van der Waals surface area contributed by atoms with Gasteiger partial charge in [0.2, 0.25) is 0 Å². The third-order valence-corrected chi connectivity index (χ3v) is 5.60. The zero-order chi connectivity index (χ0) is 19.4. The van der Waals surface area contributed by atoms with Gasteiger partial charge in [-0.15, -0.1) is 11.8 Å². The summed E-state index contributed by atoms with van der Waals surface area (Å²) in [7, 11) is 0. The van der Waals surface area contributed by atoms with Gasteiger partial charge in [0.05, 0.1) is 23.8 Å². The van der Waals surface area contributed by atoms with Crippen molar-refractivity contribution in [1.29, 1.82) is 0 Å². The molecule has 6 nitrogen and oxygen atoms in total. The fraction of sp³-hybridized carbons (Fsp3) is 0.421. The van der Waals surface area contributed by atoms with Gasteiger partial charge in [0.1, 0.15) is 11.5 Å². The van der Waals surface area contributed by atoms with Gasteiger partial charge in [-0.1, -0.05) is 0 Å². The van der Waals surface area contributed by atoms with Gasteiger partial charge in [0, 0.05) is 32.3 Å². The monoisotopic (exact) mass is 391 g/mol. The Balaban J connectivity index is 1.90. The molecule has 0 unspecified atom stereocenters. The fourth-order valence-electron chi connectivity index (χ4n) is 2.95. The van der Waals surface area contributed by atoms with Gasteiger partial charge in [-0.2, -0.15) is 9.78 Å². The number of Topliss-reactive ketones (excluding diaryl/α,β-unsaturated/α-hetero) is 1. The molecule has 2 heterocycles. The number of hydrogen-bond donors (Lipinski definition) is 0. The molecular weight excluding hydrogens is 369 g/mol. The smallest absolute Gasteiger partial charge is 0.285 e. The average Bonchev–Trinajstić information content (AvgIpc) is 2.66. The second-order valence-electron chi connectivity index (χ2n) is 6.35. The number of thioether (sulfide) groups is 1. The third-order valence-electron chi connectivity index (χ3n) is 4.44. The molecule has 1 aliphatic heterocycles. The summed E-state index contributed by atoms with van der Waals surface area (Å²) in [6.45, 7) is 7.23. The molecule has 1 aromatic carbocycles. The molecule has 0 atom stereocenters. The number of ether oxygens (including phenoxy) is 1. The molecule has 1 fully saturated rings. The molecule has 0 aliphatic carbocycles. The Labute approximate surface area is 161 Å². The van der Waals surface area contributed by atoms with E-state index in [1.54, 1.807) is 6.92 Å². The number of benzene rings is 1. The van der Waals surface area contributed by atoms with Crippen molar-refractivity contribution in [1.82, 2.24) is 14.7 Å². The van der Waals surface area contributed by atoms with Crippen LogP contribution in [0.3, 0.4) is 0 Å². The molecule has 0 N–H and O–H groups in total. The van der Waals surface area contributed by atoms with Crippen LogP contribution in [0.4, 0.5) is 4.39 Å². The van der Waals surface area contributed by atoms with Gasteiger partial charge in [-0.05, 0) is 36.8 Å². The third kappa shape index (κ3) is 4.63. The number of hydrogen-bond acceptors (Lipinski definition) is 6. The highest BCUT2D eigenvalue weighted by atomic mass is 32.2.